The first-order chi connectivity index (χ1) is 12.8. The van der Waals surface area contributed by atoms with Gasteiger partial charge in [0, 0.05) is 35.2 Å². The molecule has 2 heterocycles. The van der Waals surface area contributed by atoms with Crippen molar-refractivity contribution in [2.45, 2.75) is 29.5 Å². The maximum atomic E-state index is 12.5. The SMILES string of the molecule is CC1N(c2ccncc2)CC(C(=O)C=O)N1c1ccc(SC(F)(F)F)cc1. The van der Waals surface area contributed by atoms with Crippen LogP contribution in [0.1, 0.15) is 6.92 Å². The minimum absolute atomic E-state index is 0.0577. The summed E-state index contributed by atoms with van der Waals surface area (Å²) in [5.74, 6) is -0.577. The van der Waals surface area contributed by atoms with Crippen LogP contribution < -0.4 is 9.80 Å². The summed E-state index contributed by atoms with van der Waals surface area (Å²) in [6.45, 7) is 2.17. The molecule has 2 unspecified atom stereocenters. The lowest BCUT2D eigenvalue weighted by atomic mass is 10.1. The minimum atomic E-state index is -4.36. The van der Waals surface area contributed by atoms with Crippen molar-refractivity contribution in [1.82, 2.24) is 4.98 Å². The molecule has 1 aliphatic rings. The van der Waals surface area contributed by atoms with Crippen LogP contribution in [0, 0.1) is 0 Å². The summed E-state index contributed by atoms with van der Waals surface area (Å²) in [7, 11) is 0. The van der Waals surface area contributed by atoms with Gasteiger partial charge in [0.1, 0.15) is 6.04 Å². The third-order valence-electron chi connectivity index (χ3n) is 4.37. The highest BCUT2D eigenvalue weighted by Gasteiger charge is 2.41. The van der Waals surface area contributed by atoms with E-state index < -0.39 is 17.3 Å². The number of halogens is 3. The van der Waals surface area contributed by atoms with Crippen LogP contribution in [-0.4, -0.2) is 41.3 Å². The Hall–Kier alpha value is -2.55. The molecule has 0 radical (unpaired) electrons. The molecule has 27 heavy (non-hydrogen) atoms. The summed E-state index contributed by atoms with van der Waals surface area (Å²) in [5, 5.41) is 0. The molecule has 0 amide bonds. The van der Waals surface area contributed by atoms with Crippen LogP contribution >= 0.6 is 11.8 Å². The number of Topliss-reactive ketones (excluding diaryl/α,β-unsaturated/α-hetero) is 1. The molecule has 5 nitrogen and oxygen atoms in total. The number of hydrogen-bond acceptors (Lipinski definition) is 6. The van der Waals surface area contributed by atoms with E-state index in [0.717, 1.165) is 5.69 Å². The molecular formula is C18H16F3N3O2S. The fourth-order valence-corrected chi connectivity index (χ4v) is 3.75. The van der Waals surface area contributed by atoms with E-state index in [0.29, 0.717) is 12.2 Å². The molecule has 1 aromatic carbocycles. The van der Waals surface area contributed by atoms with Gasteiger partial charge in [0.25, 0.3) is 0 Å². The van der Waals surface area contributed by atoms with Crippen LogP contribution in [0.15, 0.2) is 53.7 Å². The zero-order valence-electron chi connectivity index (χ0n) is 14.3. The van der Waals surface area contributed by atoms with Gasteiger partial charge >= 0.3 is 5.51 Å². The van der Waals surface area contributed by atoms with Crippen LogP contribution in [0.25, 0.3) is 0 Å². The monoisotopic (exact) mass is 395 g/mol. The summed E-state index contributed by atoms with van der Waals surface area (Å²) in [6, 6.07) is 8.66. The number of ketones is 1. The molecule has 9 heteroatoms. The third kappa shape index (κ3) is 4.24. The zero-order chi connectivity index (χ0) is 19.6. The normalized spacial score (nSPS) is 20.0. The topological polar surface area (TPSA) is 53.5 Å². The van der Waals surface area contributed by atoms with Crippen LogP contribution in [0.5, 0.6) is 0 Å². The molecule has 2 atom stereocenters. The zero-order valence-corrected chi connectivity index (χ0v) is 15.1. The molecule has 1 saturated heterocycles. The molecule has 1 aromatic heterocycles. The Morgan fingerprint density at radius 3 is 2.33 bits per heavy atom. The lowest BCUT2D eigenvalue weighted by Crippen LogP contribution is -2.42. The van der Waals surface area contributed by atoms with Crippen molar-refractivity contribution in [1.29, 1.82) is 0 Å². The second-order valence-electron chi connectivity index (χ2n) is 5.97. The van der Waals surface area contributed by atoms with Crippen molar-refractivity contribution in [3.63, 3.8) is 0 Å². The first-order valence-corrected chi connectivity index (χ1v) is 8.91. The number of carbonyl (C=O) groups excluding carboxylic acids is 2. The molecule has 142 valence electrons. The Balaban J connectivity index is 1.91. The van der Waals surface area contributed by atoms with Crippen LogP contribution in [0.3, 0.4) is 0 Å². The van der Waals surface area contributed by atoms with Crippen molar-refractivity contribution in [2.24, 2.45) is 0 Å². The predicted octanol–water partition coefficient (Wildman–Crippen LogP) is 3.50. The highest BCUT2D eigenvalue weighted by atomic mass is 32.2. The summed E-state index contributed by atoms with van der Waals surface area (Å²) >= 11 is -0.197. The molecule has 0 bridgehead atoms. The van der Waals surface area contributed by atoms with E-state index in [1.165, 1.54) is 24.3 Å². The smallest absolute Gasteiger partial charge is 0.349 e. The van der Waals surface area contributed by atoms with Gasteiger partial charge in [-0.15, -0.1) is 0 Å². The molecule has 3 rings (SSSR count). The number of pyridine rings is 1. The minimum Gasteiger partial charge on any atom is -0.349 e. The standard InChI is InChI=1S/C18H16F3N3O2S/c1-12-23(13-6-8-22-9-7-13)10-16(17(26)11-25)24(12)14-2-4-15(5-3-14)27-18(19,20)21/h2-9,11-12,16H,10H2,1H3. The molecule has 0 saturated carbocycles. The Morgan fingerprint density at radius 1 is 1.15 bits per heavy atom. The molecule has 1 aliphatic heterocycles. The van der Waals surface area contributed by atoms with Crippen LogP contribution in [0.2, 0.25) is 0 Å². The molecule has 0 spiro atoms. The van der Waals surface area contributed by atoms with E-state index in [2.05, 4.69) is 4.98 Å². The molecule has 0 aliphatic carbocycles. The number of aldehydes is 1. The van der Waals surface area contributed by atoms with E-state index >= 15 is 0 Å². The molecule has 0 N–H and O–H groups in total. The first kappa shape index (κ1) is 19.2. The fraction of sp³-hybridized carbons (Fsp3) is 0.278. The van der Waals surface area contributed by atoms with Gasteiger partial charge in [0.2, 0.25) is 5.78 Å². The number of nitrogens with zero attached hydrogens (tertiary/aromatic N) is 3. The second kappa shape index (κ2) is 7.59. The van der Waals surface area contributed by atoms with Gasteiger partial charge in [-0.3, -0.25) is 14.6 Å². The van der Waals surface area contributed by atoms with E-state index in [1.807, 2.05) is 11.8 Å². The summed E-state index contributed by atoms with van der Waals surface area (Å²) in [5.41, 5.74) is -2.95. The number of thioether (sulfide) groups is 1. The fourth-order valence-electron chi connectivity index (χ4n) is 3.22. The lowest BCUT2D eigenvalue weighted by molar-refractivity contribution is -0.130. The van der Waals surface area contributed by atoms with Crippen molar-refractivity contribution < 1.29 is 22.8 Å². The number of benzene rings is 1. The van der Waals surface area contributed by atoms with Crippen molar-refractivity contribution in [3.8, 4) is 0 Å². The molecule has 1 fully saturated rings. The quantitative estimate of drug-likeness (QED) is 0.439. The Morgan fingerprint density at radius 2 is 1.78 bits per heavy atom. The van der Waals surface area contributed by atoms with Gasteiger partial charge in [0.05, 0.1) is 6.17 Å². The Labute approximate surface area is 158 Å². The number of hydrogen-bond donors (Lipinski definition) is 0. The van der Waals surface area contributed by atoms with Gasteiger partial charge in [-0.1, -0.05) is 0 Å². The van der Waals surface area contributed by atoms with E-state index in [4.69, 9.17) is 0 Å². The Bertz CT molecular complexity index is 815. The van der Waals surface area contributed by atoms with Gasteiger partial charge < -0.3 is 9.80 Å². The van der Waals surface area contributed by atoms with Crippen LogP contribution in [-0.2, 0) is 9.59 Å². The summed E-state index contributed by atoms with van der Waals surface area (Å²) < 4.78 is 37.5. The van der Waals surface area contributed by atoms with E-state index in [1.54, 1.807) is 29.4 Å². The number of rotatable bonds is 5. The van der Waals surface area contributed by atoms with Crippen LogP contribution in [0.4, 0.5) is 24.5 Å². The average Bonchev–Trinajstić information content (AvgIpc) is 2.98. The van der Waals surface area contributed by atoms with Crippen molar-refractivity contribution in [2.75, 3.05) is 16.3 Å². The highest BCUT2D eigenvalue weighted by molar-refractivity contribution is 8.00. The maximum absolute atomic E-state index is 12.5. The highest BCUT2D eigenvalue weighted by Crippen LogP contribution is 2.38. The van der Waals surface area contributed by atoms with Crippen molar-refractivity contribution in [3.05, 3.63) is 48.8 Å². The van der Waals surface area contributed by atoms with Gasteiger partial charge in [-0.05, 0) is 55.1 Å². The van der Waals surface area contributed by atoms with Crippen molar-refractivity contribution >= 4 is 35.2 Å². The van der Waals surface area contributed by atoms with E-state index in [-0.39, 0.29) is 29.1 Å². The first-order valence-electron chi connectivity index (χ1n) is 8.10. The number of aromatic nitrogens is 1. The number of anilines is 2. The molecule has 2 aromatic rings. The lowest BCUT2D eigenvalue weighted by Gasteiger charge is -2.31. The summed E-state index contributed by atoms with van der Waals surface area (Å²) in [6.07, 6.45) is 3.27. The van der Waals surface area contributed by atoms with E-state index in [9.17, 15) is 22.8 Å². The van der Waals surface area contributed by atoms with Gasteiger partial charge in [0.15, 0.2) is 6.29 Å². The summed E-state index contributed by atoms with van der Waals surface area (Å²) in [4.78, 5) is 31.0. The average molecular weight is 395 g/mol. The Kier molecular flexibility index (Phi) is 5.41. The third-order valence-corrected chi connectivity index (χ3v) is 5.11. The van der Waals surface area contributed by atoms with Gasteiger partial charge in [-0.25, -0.2) is 0 Å². The predicted molar refractivity (Wildman–Crippen MR) is 96.7 cm³/mol. The second-order valence-corrected chi connectivity index (χ2v) is 7.11. The number of carbonyl (C=O) groups is 2. The largest absolute Gasteiger partial charge is 0.446 e. The van der Waals surface area contributed by atoms with Gasteiger partial charge in [-0.2, -0.15) is 13.2 Å². The number of alkyl halides is 3. The molecular weight excluding hydrogens is 379 g/mol. The maximum Gasteiger partial charge on any atom is 0.446 e.